The summed E-state index contributed by atoms with van der Waals surface area (Å²) in [6.07, 6.45) is 1.34. The number of carbonyl (C=O) groups is 1. The molecular weight excluding hydrogens is 442 g/mol. The minimum atomic E-state index is -3.68. The number of sulfonamides is 1. The van der Waals surface area contributed by atoms with Gasteiger partial charge in [0.15, 0.2) is 0 Å². The van der Waals surface area contributed by atoms with E-state index < -0.39 is 10.0 Å². The van der Waals surface area contributed by atoms with Crippen molar-refractivity contribution in [2.45, 2.75) is 24.0 Å². The van der Waals surface area contributed by atoms with Crippen molar-refractivity contribution in [1.29, 1.82) is 0 Å². The van der Waals surface area contributed by atoms with Crippen LogP contribution in [0.4, 0.5) is 0 Å². The van der Waals surface area contributed by atoms with Crippen molar-refractivity contribution >= 4 is 27.3 Å². The van der Waals surface area contributed by atoms with Crippen LogP contribution >= 0.6 is 11.3 Å². The zero-order valence-corrected chi connectivity index (χ0v) is 19.1. The summed E-state index contributed by atoms with van der Waals surface area (Å²) in [6.45, 7) is 6.81. The van der Waals surface area contributed by atoms with E-state index in [1.54, 1.807) is 18.4 Å². The number of aromatic nitrogens is 2. The summed E-state index contributed by atoms with van der Waals surface area (Å²) in [5, 5.41) is 8.52. The number of nitrogens with zero attached hydrogens (tertiary/aromatic N) is 4. The summed E-state index contributed by atoms with van der Waals surface area (Å²) in [6, 6.07) is 1.57. The number of hydrogen-bond acceptors (Lipinski definition) is 9. The average Bonchev–Trinajstić information content (AvgIpc) is 3.44. The first kappa shape index (κ1) is 22.3. The molecule has 1 N–H and O–H groups in total. The van der Waals surface area contributed by atoms with Gasteiger partial charge < -0.3 is 14.6 Å². The van der Waals surface area contributed by atoms with Crippen LogP contribution in [0.25, 0.3) is 11.4 Å². The molecule has 2 aromatic heterocycles. The number of thiophene rings is 1. The van der Waals surface area contributed by atoms with Crippen LogP contribution < -0.4 is 5.32 Å². The van der Waals surface area contributed by atoms with Gasteiger partial charge in [-0.15, -0.1) is 11.3 Å². The van der Waals surface area contributed by atoms with Crippen molar-refractivity contribution in [2.24, 2.45) is 5.92 Å². The Morgan fingerprint density at radius 3 is 2.87 bits per heavy atom. The Bertz CT molecular complexity index is 999. The summed E-state index contributed by atoms with van der Waals surface area (Å²) in [5.41, 5.74) is 0.606. The molecule has 2 saturated heterocycles. The van der Waals surface area contributed by atoms with Gasteiger partial charge in [-0.25, -0.2) is 8.42 Å². The SMILES string of the molecule is Cc1nc(-c2csc(S(=O)(=O)N3CCC[C@@H](C(=O)NCCN4CCOCC4)C3)c2)no1. The van der Waals surface area contributed by atoms with Crippen LogP contribution in [0.1, 0.15) is 18.7 Å². The fourth-order valence-corrected chi connectivity index (χ4v) is 6.63. The number of aryl methyl sites for hydroxylation is 1. The third-order valence-corrected chi connectivity index (χ3v) is 8.82. The van der Waals surface area contributed by atoms with E-state index in [-0.39, 0.29) is 22.6 Å². The smallest absolute Gasteiger partial charge is 0.252 e. The van der Waals surface area contributed by atoms with Crippen molar-refractivity contribution in [3.05, 3.63) is 17.3 Å². The van der Waals surface area contributed by atoms with Gasteiger partial charge in [0.1, 0.15) is 4.21 Å². The zero-order chi connectivity index (χ0) is 21.8. The Kier molecular flexibility index (Phi) is 7.02. The zero-order valence-electron chi connectivity index (χ0n) is 17.4. The molecule has 170 valence electrons. The van der Waals surface area contributed by atoms with E-state index in [1.165, 1.54) is 4.31 Å². The highest BCUT2D eigenvalue weighted by Gasteiger charge is 2.34. The number of rotatable bonds is 7. The summed E-state index contributed by atoms with van der Waals surface area (Å²) >= 11 is 1.13. The lowest BCUT2D eigenvalue weighted by atomic mass is 9.99. The summed E-state index contributed by atoms with van der Waals surface area (Å²) in [5.74, 6) is 0.366. The molecule has 31 heavy (non-hydrogen) atoms. The number of nitrogens with one attached hydrogen (secondary N) is 1. The minimum Gasteiger partial charge on any atom is -0.379 e. The van der Waals surface area contributed by atoms with Crippen LogP contribution in [0, 0.1) is 12.8 Å². The lowest BCUT2D eigenvalue weighted by Crippen LogP contribution is -2.47. The van der Waals surface area contributed by atoms with E-state index in [9.17, 15) is 13.2 Å². The maximum atomic E-state index is 13.1. The van der Waals surface area contributed by atoms with Gasteiger partial charge in [0, 0.05) is 57.1 Å². The first-order chi connectivity index (χ1) is 14.9. The number of piperidine rings is 1. The fourth-order valence-electron chi connectivity index (χ4n) is 3.79. The summed E-state index contributed by atoms with van der Waals surface area (Å²) < 4.78 is 38.2. The molecule has 0 radical (unpaired) electrons. The number of carbonyl (C=O) groups excluding carboxylic acids is 1. The molecule has 1 atom stereocenters. The van der Waals surface area contributed by atoms with Gasteiger partial charge >= 0.3 is 0 Å². The molecule has 0 unspecified atom stereocenters. The molecule has 2 fully saturated rings. The minimum absolute atomic E-state index is 0.0812. The van der Waals surface area contributed by atoms with Crippen LogP contribution in [0.15, 0.2) is 20.2 Å². The van der Waals surface area contributed by atoms with E-state index in [0.717, 1.165) is 44.2 Å². The highest BCUT2D eigenvalue weighted by molar-refractivity contribution is 7.91. The maximum absolute atomic E-state index is 13.1. The van der Waals surface area contributed by atoms with Crippen molar-refractivity contribution in [2.75, 3.05) is 52.5 Å². The molecule has 0 bridgehead atoms. The molecule has 2 aromatic rings. The lowest BCUT2D eigenvalue weighted by Gasteiger charge is -2.31. The Morgan fingerprint density at radius 2 is 2.13 bits per heavy atom. The Morgan fingerprint density at radius 1 is 1.32 bits per heavy atom. The molecule has 0 saturated carbocycles. The molecule has 0 aromatic carbocycles. The van der Waals surface area contributed by atoms with Gasteiger partial charge in [0.2, 0.25) is 17.6 Å². The van der Waals surface area contributed by atoms with Crippen LogP contribution in [0.2, 0.25) is 0 Å². The largest absolute Gasteiger partial charge is 0.379 e. The Labute approximate surface area is 185 Å². The predicted octanol–water partition coefficient (Wildman–Crippen LogP) is 0.956. The molecule has 4 heterocycles. The molecule has 1 amide bonds. The highest BCUT2D eigenvalue weighted by Crippen LogP contribution is 2.31. The molecule has 0 aliphatic carbocycles. The average molecular weight is 470 g/mol. The first-order valence-corrected chi connectivity index (χ1v) is 12.7. The van der Waals surface area contributed by atoms with Crippen molar-refractivity contribution < 1.29 is 22.5 Å². The second-order valence-electron chi connectivity index (χ2n) is 7.74. The summed E-state index contributed by atoms with van der Waals surface area (Å²) in [7, 11) is -3.68. The van der Waals surface area contributed by atoms with E-state index in [1.807, 2.05) is 0 Å². The molecular formula is C19H27N5O5S2. The topological polar surface area (TPSA) is 118 Å². The number of hydrogen-bond donors (Lipinski definition) is 1. The third-order valence-electron chi connectivity index (χ3n) is 5.54. The van der Waals surface area contributed by atoms with E-state index >= 15 is 0 Å². The molecule has 2 aliphatic heterocycles. The first-order valence-electron chi connectivity index (χ1n) is 10.4. The standard InChI is InChI=1S/C19H27N5O5S2/c1-14-21-18(22-29-14)16-11-17(30-13-16)31(26,27)24-5-2-3-15(12-24)19(25)20-4-6-23-7-9-28-10-8-23/h11,13,15H,2-10,12H2,1H3,(H,20,25)/t15-/m1/s1. The van der Waals surface area contributed by atoms with Gasteiger partial charge in [-0.2, -0.15) is 9.29 Å². The monoisotopic (exact) mass is 469 g/mol. The molecule has 4 rings (SSSR count). The van der Waals surface area contributed by atoms with Crippen molar-refractivity contribution in [1.82, 2.24) is 24.7 Å². The van der Waals surface area contributed by atoms with Crippen LogP contribution in [0.3, 0.4) is 0 Å². The van der Waals surface area contributed by atoms with Crippen molar-refractivity contribution in [3.63, 3.8) is 0 Å². The summed E-state index contributed by atoms with van der Waals surface area (Å²) in [4.78, 5) is 19.0. The Hall–Kier alpha value is -1.86. The highest BCUT2D eigenvalue weighted by atomic mass is 32.2. The molecule has 12 heteroatoms. The fraction of sp³-hybridized carbons (Fsp3) is 0.632. The van der Waals surface area contributed by atoms with Crippen LogP contribution in [-0.2, 0) is 19.6 Å². The van der Waals surface area contributed by atoms with E-state index in [4.69, 9.17) is 9.26 Å². The second-order valence-corrected chi connectivity index (χ2v) is 10.8. The number of ether oxygens (including phenoxy) is 1. The normalized spacial score (nSPS) is 21.3. The molecule has 10 nitrogen and oxygen atoms in total. The third kappa shape index (κ3) is 5.32. The maximum Gasteiger partial charge on any atom is 0.252 e. The quantitative estimate of drug-likeness (QED) is 0.637. The Balaban J connectivity index is 1.34. The predicted molar refractivity (Wildman–Crippen MR) is 114 cm³/mol. The van der Waals surface area contributed by atoms with Crippen LogP contribution in [0.5, 0.6) is 0 Å². The van der Waals surface area contributed by atoms with Gasteiger partial charge in [0.25, 0.3) is 10.0 Å². The molecule has 0 spiro atoms. The van der Waals surface area contributed by atoms with E-state index in [2.05, 4.69) is 20.4 Å². The lowest BCUT2D eigenvalue weighted by molar-refractivity contribution is -0.126. The van der Waals surface area contributed by atoms with Gasteiger partial charge in [0.05, 0.1) is 19.1 Å². The van der Waals surface area contributed by atoms with Crippen molar-refractivity contribution in [3.8, 4) is 11.4 Å². The number of amides is 1. The van der Waals surface area contributed by atoms with Crippen LogP contribution in [-0.4, -0.2) is 86.2 Å². The molecule has 2 aliphatic rings. The van der Waals surface area contributed by atoms with Gasteiger partial charge in [-0.1, -0.05) is 5.16 Å². The van der Waals surface area contributed by atoms with Gasteiger partial charge in [-0.05, 0) is 18.9 Å². The second kappa shape index (κ2) is 9.74. The van der Waals surface area contributed by atoms with E-state index in [0.29, 0.717) is 43.2 Å². The number of morpholine rings is 1. The van der Waals surface area contributed by atoms with Gasteiger partial charge in [-0.3, -0.25) is 9.69 Å².